The summed E-state index contributed by atoms with van der Waals surface area (Å²) in [6.07, 6.45) is 4.88. The van der Waals surface area contributed by atoms with Gasteiger partial charge in [-0.25, -0.2) is 0 Å². The zero-order valence-corrected chi connectivity index (χ0v) is 12.1. The van der Waals surface area contributed by atoms with Crippen molar-refractivity contribution in [1.29, 1.82) is 0 Å². The highest BCUT2D eigenvalue weighted by Gasteiger charge is 2.49. The number of nitrogens with zero attached hydrogens (tertiary/aromatic N) is 1. The van der Waals surface area contributed by atoms with Crippen LogP contribution in [0.15, 0.2) is 30.3 Å². The van der Waals surface area contributed by atoms with Crippen molar-refractivity contribution in [2.75, 3.05) is 6.54 Å². The summed E-state index contributed by atoms with van der Waals surface area (Å²) >= 11 is 0. The molecule has 3 rings (SSSR count). The van der Waals surface area contributed by atoms with Crippen LogP contribution in [0, 0.1) is 5.92 Å². The first-order valence-electron chi connectivity index (χ1n) is 7.66. The van der Waals surface area contributed by atoms with Gasteiger partial charge in [0.25, 0.3) is 0 Å². The molecule has 0 bridgehead atoms. The molecule has 1 aliphatic carbocycles. The molecule has 3 nitrogen and oxygen atoms in total. The lowest BCUT2D eigenvalue weighted by molar-refractivity contribution is -0.153. The van der Waals surface area contributed by atoms with E-state index in [0.29, 0.717) is 6.54 Å². The average Bonchev–Trinajstić information content (AvgIpc) is 2.46. The van der Waals surface area contributed by atoms with Crippen LogP contribution in [0.4, 0.5) is 0 Å². The van der Waals surface area contributed by atoms with E-state index in [4.69, 9.17) is 0 Å². The first-order valence-corrected chi connectivity index (χ1v) is 7.66. The van der Waals surface area contributed by atoms with Crippen molar-refractivity contribution in [2.24, 2.45) is 5.92 Å². The van der Waals surface area contributed by atoms with Gasteiger partial charge in [0.05, 0.1) is 11.6 Å². The Hall–Kier alpha value is -1.35. The van der Waals surface area contributed by atoms with Crippen LogP contribution in [-0.4, -0.2) is 28.1 Å². The van der Waals surface area contributed by atoms with E-state index in [2.05, 4.69) is 12.1 Å². The molecule has 1 saturated carbocycles. The maximum Gasteiger partial charge on any atom is 0.219 e. The predicted octanol–water partition coefficient (Wildman–Crippen LogP) is 2.90. The number of carbonyl (C=O) groups excluding carboxylic acids is 1. The van der Waals surface area contributed by atoms with Crippen LogP contribution < -0.4 is 0 Å². The monoisotopic (exact) mass is 273 g/mol. The van der Waals surface area contributed by atoms with Crippen LogP contribution in [0.2, 0.25) is 0 Å². The molecule has 1 saturated heterocycles. The fraction of sp³-hybridized carbons (Fsp3) is 0.588. The first-order chi connectivity index (χ1) is 9.62. The first kappa shape index (κ1) is 13.6. The van der Waals surface area contributed by atoms with E-state index in [1.165, 1.54) is 0 Å². The van der Waals surface area contributed by atoms with Gasteiger partial charge in [0.2, 0.25) is 5.91 Å². The molecule has 0 unspecified atom stereocenters. The van der Waals surface area contributed by atoms with Crippen LogP contribution >= 0.6 is 0 Å². The Labute approximate surface area is 120 Å². The highest BCUT2D eigenvalue weighted by atomic mass is 16.3. The van der Waals surface area contributed by atoms with Crippen molar-refractivity contribution in [2.45, 2.75) is 50.7 Å². The number of likely N-dealkylation sites (tertiary alicyclic amines) is 1. The molecule has 0 spiro atoms. The number of piperidine rings is 1. The maximum atomic E-state index is 12.0. The van der Waals surface area contributed by atoms with Gasteiger partial charge in [-0.05, 0) is 24.8 Å². The van der Waals surface area contributed by atoms with Crippen molar-refractivity contribution < 1.29 is 9.90 Å². The van der Waals surface area contributed by atoms with Crippen molar-refractivity contribution >= 4 is 5.91 Å². The van der Waals surface area contributed by atoms with E-state index in [9.17, 15) is 9.90 Å². The van der Waals surface area contributed by atoms with Gasteiger partial charge in [0, 0.05) is 19.4 Å². The lowest BCUT2D eigenvalue weighted by atomic mass is 9.66. The van der Waals surface area contributed by atoms with Crippen molar-refractivity contribution in [3.05, 3.63) is 35.9 Å². The molecule has 20 heavy (non-hydrogen) atoms. The molecule has 1 amide bonds. The molecular formula is C17H23NO2. The summed E-state index contributed by atoms with van der Waals surface area (Å²) in [6.45, 7) is 2.31. The van der Waals surface area contributed by atoms with E-state index >= 15 is 0 Å². The van der Waals surface area contributed by atoms with E-state index in [1.807, 2.05) is 23.1 Å². The molecule has 3 atom stereocenters. The Morgan fingerprint density at radius 2 is 2.00 bits per heavy atom. The quantitative estimate of drug-likeness (QED) is 0.854. The molecule has 0 aromatic heterocycles. The summed E-state index contributed by atoms with van der Waals surface area (Å²) in [7, 11) is 0. The number of hydrogen-bond donors (Lipinski definition) is 1. The van der Waals surface area contributed by atoms with Gasteiger partial charge in [-0.15, -0.1) is 0 Å². The molecule has 2 fully saturated rings. The second-order valence-electron chi connectivity index (χ2n) is 6.27. The van der Waals surface area contributed by atoms with Gasteiger partial charge in [-0.1, -0.05) is 43.2 Å². The summed E-state index contributed by atoms with van der Waals surface area (Å²) < 4.78 is 0. The van der Waals surface area contributed by atoms with E-state index in [0.717, 1.165) is 37.7 Å². The lowest BCUT2D eigenvalue weighted by Crippen LogP contribution is -2.55. The van der Waals surface area contributed by atoms with Crippen molar-refractivity contribution in [1.82, 2.24) is 4.90 Å². The largest absolute Gasteiger partial charge is 0.389 e. The average molecular weight is 273 g/mol. The molecule has 2 aliphatic rings. The molecule has 1 aromatic rings. The zero-order valence-electron chi connectivity index (χ0n) is 12.1. The number of amides is 1. The summed E-state index contributed by atoms with van der Waals surface area (Å²) in [5, 5.41) is 11.0. The lowest BCUT2D eigenvalue weighted by Gasteiger charge is -2.52. The standard InChI is InChI=1S/C17H23NO2/c1-13(19)18-12-11-17(20)10-6-5-9-15(17)16(18)14-7-3-2-4-8-14/h2-4,7-8,15-16,20H,5-6,9-12H2,1H3/t15-,16-,17-/m1/s1. The smallest absolute Gasteiger partial charge is 0.219 e. The van der Waals surface area contributed by atoms with Gasteiger partial charge in [-0.2, -0.15) is 0 Å². The second kappa shape index (κ2) is 5.21. The van der Waals surface area contributed by atoms with Gasteiger partial charge in [-0.3, -0.25) is 4.79 Å². The number of carbonyl (C=O) groups is 1. The normalized spacial score (nSPS) is 33.6. The summed E-state index contributed by atoms with van der Waals surface area (Å²) in [5.41, 5.74) is 0.581. The second-order valence-corrected chi connectivity index (χ2v) is 6.27. The fourth-order valence-corrected chi connectivity index (χ4v) is 4.10. The van der Waals surface area contributed by atoms with Crippen LogP contribution in [0.1, 0.15) is 50.6 Å². The Kier molecular flexibility index (Phi) is 3.55. The van der Waals surface area contributed by atoms with E-state index in [-0.39, 0.29) is 17.9 Å². The third kappa shape index (κ3) is 2.24. The number of rotatable bonds is 1. The number of aliphatic hydroxyl groups is 1. The molecule has 0 radical (unpaired) electrons. The van der Waals surface area contributed by atoms with Gasteiger partial charge in [0.15, 0.2) is 0 Å². The minimum absolute atomic E-state index is 0.0350. The SMILES string of the molecule is CC(=O)N1CC[C@]2(O)CCCC[C@@H]2[C@H]1c1ccccc1. The minimum atomic E-state index is -0.579. The van der Waals surface area contributed by atoms with E-state index in [1.54, 1.807) is 6.92 Å². The summed E-state index contributed by atoms with van der Waals surface area (Å²) in [4.78, 5) is 14.0. The summed E-state index contributed by atoms with van der Waals surface area (Å²) in [5.74, 6) is 0.294. The van der Waals surface area contributed by atoms with Crippen LogP contribution in [-0.2, 0) is 4.79 Å². The Morgan fingerprint density at radius 3 is 2.70 bits per heavy atom. The number of benzene rings is 1. The summed E-state index contributed by atoms with van der Waals surface area (Å²) in [6, 6.07) is 10.2. The van der Waals surface area contributed by atoms with Crippen molar-refractivity contribution in [3.8, 4) is 0 Å². The maximum absolute atomic E-state index is 12.0. The predicted molar refractivity (Wildman–Crippen MR) is 78.1 cm³/mol. The van der Waals surface area contributed by atoms with Gasteiger partial charge in [0.1, 0.15) is 0 Å². The highest BCUT2D eigenvalue weighted by molar-refractivity contribution is 5.74. The van der Waals surface area contributed by atoms with Crippen LogP contribution in [0.5, 0.6) is 0 Å². The van der Waals surface area contributed by atoms with Crippen molar-refractivity contribution in [3.63, 3.8) is 0 Å². The molecule has 3 heteroatoms. The number of hydrogen-bond acceptors (Lipinski definition) is 2. The molecular weight excluding hydrogens is 250 g/mol. The van der Waals surface area contributed by atoms with Crippen LogP contribution in [0.25, 0.3) is 0 Å². The Bertz CT molecular complexity index is 487. The Balaban J connectivity index is 2.00. The molecule has 1 aliphatic heterocycles. The topological polar surface area (TPSA) is 40.5 Å². The van der Waals surface area contributed by atoms with E-state index < -0.39 is 5.60 Å². The fourth-order valence-electron chi connectivity index (χ4n) is 4.10. The zero-order chi connectivity index (χ0) is 14.2. The molecule has 1 aromatic carbocycles. The highest BCUT2D eigenvalue weighted by Crippen LogP contribution is 2.49. The molecule has 1 heterocycles. The third-order valence-corrected chi connectivity index (χ3v) is 5.11. The minimum Gasteiger partial charge on any atom is -0.389 e. The van der Waals surface area contributed by atoms with Crippen LogP contribution in [0.3, 0.4) is 0 Å². The van der Waals surface area contributed by atoms with Gasteiger partial charge < -0.3 is 10.0 Å². The molecule has 108 valence electrons. The number of fused-ring (bicyclic) bond motifs is 1. The Morgan fingerprint density at radius 1 is 1.25 bits per heavy atom. The molecule has 1 N–H and O–H groups in total. The van der Waals surface area contributed by atoms with Gasteiger partial charge >= 0.3 is 0 Å². The third-order valence-electron chi connectivity index (χ3n) is 5.11.